The molecule has 2 rings (SSSR count). The molecule has 0 aliphatic rings. The van der Waals surface area contributed by atoms with E-state index in [1.165, 1.54) is 35.9 Å². The number of rotatable bonds is 7. The molecule has 1 heterocycles. The van der Waals surface area contributed by atoms with E-state index in [1.54, 1.807) is 13.8 Å². The van der Waals surface area contributed by atoms with Crippen molar-refractivity contribution < 1.29 is 29.0 Å². The molecule has 2 aromatic rings. The van der Waals surface area contributed by atoms with Crippen LogP contribution in [0, 0.1) is 11.3 Å². The minimum atomic E-state index is -0.839. The van der Waals surface area contributed by atoms with Crippen LogP contribution in [0.2, 0.25) is 0 Å². The molecule has 0 spiro atoms. The molecule has 8 heteroatoms. The molecule has 0 unspecified atom stereocenters. The maximum Gasteiger partial charge on any atom is 0.343 e. The van der Waals surface area contributed by atoms with E-state index >= 15 is 0 Å². The summed E-state index contributed by atoms with van der Waals surface area (Å²) in [6, 6.07) is 7.79. The largest absolute Gasteiger partial charge is 0.505 e. The van der Waals surface area contributed by atoms with Crippen LogP contribution in [0.15, 0.2) is 24.3 Å². The summed E-state index contributed by atoms with van der Waals surface area (Å²) in [6.07, 6.45) is -0.313. The van der Waals surface area contributed by atoms with Crippen molar-refractivity contribution in [2.75, 3.05) is 13.2 Å². The van der Waals surface area contributed by atoms with E-state index in [0.29, 0.717) is 5.56 Å². The van der Waals surface area contributed by atoms with Crippen molar-refractivity contribution in [2.45, 2.75) is 20.3 Å². The van der Waals surface area contributed by atoms with Crippen LogP contribution in [0.3, 0.4) is 0 Å². The second kappa shape index (κ2) is 8.86. The Labute approximate surface area is 161 Å². The number of benzene rings is 1. The van der Waals surface area contributed by atoms with Crippen LogP contribution in [0.1, 0.15) is 51.5 Å². The molecule has 0 radical (unpaired) electrons. The topological polar surface area (TPSA) is 119 Å². The Morgan fingerprint density at radius 1 is 1.11 bits per heavy atom. The predicted molar refractivity (Wildman–Crippen MR) is 98.0 cm³/mol. The first-order valence-corrected chi connectivity index (χ1v) is 8.63. The molecule has 8 nitrogen and oxygen atoms in total. The first-order valence-electron chi connectivity index (χ1n) is 8.63. The summed E-state index contributed by atoms with van der Waals surface area (Å²) in [5.74, 6) is -2.57. The summed E-state index contributed by atoms with van der Waals surface area (Å²) in [4.78, 5) is 37.2. The number of aromatic nitrogens is 1. The molecule has 146 valence electrons. The van der Waals surface area contributed by atoms with Gasteiger partial charge < -0.3 is 19.1 Å². The van der Waals surface area contributed by atoms with Crippen molar-refractivity contribution in [3.63, 3.8) is 0 Å². The van der Waals surface area contributed by atoms with Gasteiger partial charge in [0.2, 0.25) is 5.78 Å². The standard InChI is InChI=1S/C20H20N2O6/c1-4-27-15(23)10-14-16(20(26)28-5-2)19(25)17(22(14)3)18(24)13-8-6-12(11-21)7-9-13/h6-9,25H,4-5,10H2,1-3H3. The smallest absolute Gasteiger partial charge is 0.343 e. The highest BCUT2D eigenvalue weighted by atomic mass is 16.5. The monoisotopic (exact) mass is 384 g/mol. The van der Waals surface area contributed by atoms with Crippen LogP contribution < -0.4 is 0 Å². The lowest BCUT2D eigenvalue weighted by molar-refractivity contribution is -0.142. The Bertz CT molecular complexity index is 951. The summed E-state index contributed by atoms with van der Waals surface area (Å²) in [5.41, 5.74) is 0.309. The molecule has 0 atom stereocenters. The number of nitrogens with zero attached hydrogens (tertiary/aromatic N) is 2. The number of ketones is 1. The first kappa shape index (κ1) is 20.7. The summed E-state index contributed by atoms with van der Waals surface area (Å²) >= 11 is 0. The second-order valence-electron chi connectivity index (χ2n) is 5.80. The molecular formula is C20H20N2O6. The third kappa shape index (κ3) is 4.04. The van der Waals surface area contributed by atoms with Gasteiger partial charge in [-0.2, -0.15) is 5.26 Å². The number of nitriles is 1. The molecule has 0 saturated heterocycles. The number of carbonyl (C=O) groups is 3. The van der Waals surface area contributed by atoms with Crippen molar-refractivity contribution in [1.82, 2.24) is 4.57 Å². The molecule has 1 aromatic heterocycles. The van der Waals surface area contributed by atoms with E-state index in [-0.39, 0.29) is 42.1 Å². The summed E-state index contributed by atoms with van der Waals surface area (Å²) in [7, 11) is 1.47. The van der Waals surface area contributed by atoms with Crippen molar-refractivity contribution in [3.05, 3.63) is 52.3 Å². The summed E-state index contributed by atoms with van der Waals surface area (Å²) in [5, 5.41) is 19.5. The molecule has 0 aliphatic heterocycles. The predicted octanol–water partition coefficient (Wildman–Crippen LogP) is 2.12. The average molecular weight is 384 g/mol. The van der Waals surface area contributed by atoms with E-state index in [4.69, 9.17) is 14.7 Å². The molecule has 0 bridgehead atoms. The van der Waals surface area contributed by atoms with Crippen molar-refractivity contribution in [2.24, 2.45) is 7.05 Å². The van der Waals surface area contributed by atoms with Crippen LogP contribution in [0.25, 0.3) is 0 Å². The number of esters is 2. The van der Waals surface area contributed by atoms with Crippen LogP contribution >= 0.6 is 0 Å². The Morgan fingerprint density at radius 3 is 2.25 bits per heavy atom. The highest BCUT2D eigenvalue weighted by Gasteiger charge is 2.31. The molecule has 1 aromatic carbocycles. The van der Waals surface area contributed by atoms with Gasteiger partial charge >= 0.3 is 11.9 Å². The van der Waals surface area contributed by atoms with Crippen LogP contribution in [-0.4, -0.2) is 40.6 Å². The number of hydrogen-bond donors (Lipinski definition) is 1. The molecule has 1 N–H and O–H groups in total. The Hall–Kier alpha value is -3.60. The molecule has 28 heavy (non-hydrogen) atoms. The minimum Gasteiger partial charge on any atom is -0.505 e. The van der Waals surface area contributed by atoms with E-state index < -0.39 is 23.5 Å². The first-order chi connectivity index (χ1) is 13.3. The average Bonchev–Trinajstić information content (AvgIpc) is 2.91. The summed E-state index contributed by atoms with van der Waals surface area (Å²) < 4.78 is 11.2. The van der Waals surface area contributed by atoms with Crippen molar-refractivity contribution in [1.29, 1.82) is 5.26 Å². The van der Waals surface area contributed by atoms with E-state index in [1.807, 2.05) is 6.07 Å². The number of carbonyl (C=O) groups excluding carboxylic acids is 3. The molecule has 0 saturated carbocycles. The van der Waals surface area contributed by atoms with Gasteiger partial charge in [-0.25, -0.2) is 4.79 Å². The van der Waals surface area contributed by atoms with E-state index in [2.05, 4.69) is 0 Å². The highest BCUT2D eigenvalue weighted by Crippen LogP contribution is 2.32. The van der Waals surface area contributed by atoms with Gasteiger partial charge in [-0.05, 0) is 38.1 Å². The third-order valence-corrected chi connectivity index (χ3v) is 4.08. The second-order valence-corrected chi connectivity index (χ2v) is 5.80. The van der Waals surface area contributed by atoms with Gasteiger partial charge in [0.25, 0.3) is 0 Å². The fourth-order valence-corrected chi connectivity index (χ4v) is 2.78. The van der Waals surface area contributed by atoms with Gasteiger partial charge in [0.1, 0.15) is 11.3 Å². The zero-order valence-electron chi connectivity index (χ0n) is 15.8. The van der Waals surface area contributed by atoms with Gasteiger partial charge in [0, 0.05) is 18.3 Å². The van der Waals surface area contributed by atoms with Crippen molar-refractivity contribution >= 4 is 17.7 Å². The van der Waals surface area contributed by atoms with Gasteiger partial charge in [0.15, 0.2) is 5.75 Å². The van der Waals surface area contributed by atoms with Crippen LogP contribution in [0.5, 0.6) is 5.75 Å². The molecule has 0 fully saturated rings. The van der Waals surface area contributed by atoms with E-state index in [0.717, 1.165) is 0 Å². The van der Waals surface area contributed by atoms with Crippen LogP contribution in [-0.2, 0) is 27.7 Å². The maximum absolute atomic E-state index is 12.9. The lowest BCUT2D eigenvalue weighted by Gasteiger charge is -2.08. The quantitative estimate of drug-likeness (QED) is 0.573. The zero-order valence-corrected chi connectivity index (χ0v) is 15.8. The SMILES string of the molecule is CCOC(=O)Cc1c(C(=O)OCC)c(O)c(C(=O)c2ccc(C#N)cc2)n1C. The van der Waals surface area contributed by atoms with E-state index in [9.17, 15) is 19.5 Å². The number of ether oxygens (including phenoxy) is 2. The fraction of sp³-hybridized carbons (Fsp3) is 0.300. The molecule has 0 amide bonds. The minimum absolute atomic E-state index is 0.0604. The van der Waals surface area contributed by atoms with Gasteiger partial charge in [-0.3, -0.25) is 9.59 Å². The fourth-order valence-electron chi connectivity index (χ4n) is 2.78. The zero-order chi connectivity index (χ0) is 20.8. The number of aromatic hydroxyl groups is 1. The Balaban J connectivity index is 2.57. The normalized spacial score (nSPS) is 10.2. The Morgan fingerprint density at radius 2 is 1.71 bits per heavy atom. The maximum atomic E-state index is 12.9. The molecule has 0 aliphatic carbocycles. The Kier molecular flexibility index (Phi) is 6.55. The number of hydrogen-bond acceptors (Lipinski definition) is 7. The third-order valence-electron chi connectivity index (χ3n) is 4.08. The highest BCUT2D eigenvalue weighted by molar-refractivity contribution is 6.12. The van der Waals surface area contributed by atoms with Crippen molar-refractivity contribution in [3.8, 4) is 11.8 Å². The lowest BCUT2D eigenvalue weighted by atomic mass is 10.1. The summed E-state index contributed by atoms with van der Waals surface area (Å²) in [6.45, 7) is 3.46. The van der Waals surface area contributed by atoms with Gasteiger partial charge in [0.05, 0.1) is 31.3 Å². The molecular weight excluding hydrogens is 364 g/mol. The van der Waals surface area contributed by atoms with Gasteiger partial charge in [-0.15, -0.1) is 0 Å². The van der Waals surface area contributed by atoms with Gasteiger partial charge in [-0.1, -0.05) is 0 Å². The lowest BCUT2D eigenvalue weighted by Crippen LogP contribution is -2.16. The van der Waals surface area contributed by atoms with Crippen LogP contribution in [0.4, 0.5) is 0 Å².